The van der Waals surface area contributed by atoms with Gasteiger partial charge in [-0.1, -0.05) is 60.9 Å². The summed E-state index contributed by atoms with van der Waals surface area (Å²) in [5, 5.41) is 8.92. The van der Waals surface area contributed by atoms with Crippen LogP contribution in [-0.2, 0) is 4.79 Å². The van der Waals surface area contributed by atoms with Crippen molar-refractivity contribution >= 4 is 17.7 Å². The summed E-state index contributed by atoms with van der Waals surface area (Å²) in [4.78, 5) is 14.7. The number of benzene rings is 1. The lowest BCUT2D eigenvalue weighted by molar-refractivity contribution is -0.131. The first-order valence-electron chi connectivity index (χ1n) is 9.30. The van der Waals surface area contributed by atoms with Crippen LogP contribution in [0.2, 0.25) is 0 Å². The van der Waals surface area contributed by atoms with E-state index in [-0.39, 0.29) is 5.91 Å². The molecule has 1 fully saturated rings. The standard InChI is InChI=1S/C19H27N5OS/c1-3-23(16-7-5-4-6-8-16)17(25)13-26-19-22-21-18(24(19)20)15-11-9-14(2)10-12-15/h9-12,16H,3-8,13,20H2,1-2H3. The smallest absolute Gasteiger partial charge is 0.233 e. The number of nitrogens with zero attached hydrogens (tertiary/aromatic N) is 4. The Balaban J connectivity index is 1.64. The fourth-order valence-corrected chi connectivity index (χ4v) is 4.26. The Morgan fingerprint density at radius 3 is 2.58 bits per heavy atom. The van der Waals surface area contributed by atoms with Gasteiger partial charge in [-0.25, -0.2) is 4.68 Å². The number of aryl methyl sites for hydroxylation is 1. The molecule has 6 nitrogen and oxygen atoms in total. The molecule has 0 radical (unpaired) electrons. The molecule has 1 amide bonds. The first-order chi connectivity index (χ1) is 12.6. The Morgan fingerprint density at radius 1 is 1.23 bits per heavy atom. The first kappa shape index (κ1) is 18.8. The van der Waals surface area contributed by atoms with Gasteiger partial charge in [0.25, 0.3) is 0 Å². The highest BCUT2D eigenvalue weighted by Crippen LogP contribution is 2.25. The molecular formula is C19H27N5OS. The number of amides is 1. The molecule has 0 saturated heterocycles. The van der Waals surface area contributed by atoms with Crippen LogP contribution in [0, 0.1) is 6.92 Å². The van der Waals surface area contributed by atoms with Gasteiger partial charge in [0.1, 0.15) is 0 Å². The maximum absolute atomic E-state index is 12.7. The number of aromatic nitrogens is 3. The fraction of sp³-hybridized carbons (Fsp3) is 0.526. The molecular weight excluding hydrogens is 346 g/mol. The highest BCUT2D eigenvalue weighted by atomic mass is 32.2. The molecule has 1 saturated carbocycles. The minimum Gasteiger partial charge on any atom is -0.339 e. The maximum Gasteiger partial charge on any atom is 0.233 e. The van der Waals surface area contributed by atoms with Crippen LogP contribution in [-0.4, -0.2) is 44.0 Å². The Kier molecular flexibility index (Phi) is 6.19. The summed E-state index contributed by atoms with van der Waals surface area (Å²) < 4.78 is 1.47. The number of carbonyl (C=O) groups excluding carboxylic acids is 1. The zero-order valence-electron chi connectivity index (χ0n) is 15.5. The Labute approximate surface area is 159 Å². The van der Waals surface area contributed by atoms with Crippen molar-refractivity contribution in [1.82, 2.24) is 19.8 Å². The van der Waals surface area contributed by atoms with E-state index in [1.165, 1.54) is 41.3 Å². The number of hydrogen-bond acceptors (Lipinski definition) is 5. The number of hydrogen-bond donors (Lipinski definition) is 1. The summed E-state index contributed by atoms with van der Waals surface area (Å²) in [6, 6.07) is 8.38. The van der Waals surface area contributed by atoms with Crippen LogP contribution in [0.1, 0.15) is 44.6 Å². The van der Waals surface area contributed by atoms with Crippen LogP contribution >= 0.6 is 11.8 Å². The van der Waals surface area contributed by atoms with Crippen molar-refractivity contribution in [3.63, 3.8) is 0 Å². The van der Waals surface area contributed by atoms with E-state index in [4.69, 9.17) is 5.84 Å². The summed E-state index contributed by atoms with van der Waals surface area (Å²) in [7, 11) is 0. The van der Waals surface area contributed by atoms with Gasteiger partial charge in [0.05, 0.1) is 5.75 Å². The molecule has 2 aromatic rings. The predicted molar refractivity (Wildman–Crippen MR) is 105 cm³/mol. The summed E-state index contributed by atoms with van der Waals surface area (Å²) in [6.07, 6.45) is 5.97. The largest absolute Gasteiger partial charge is 0.339 e. The molecule has 1 aromatic heterocycles. The topological polar surface area (TPSA) is 77.0 Å². The summed E-state index contributed by atoms with van der Waals surface area (Å²) in [5.41, 5.74) is 2.10. The monoisotopic (exact) mass is 373 g/mol. The second kappa shape index (κ2) is 8.58. The van der Waals surface area contributed by atoms with Gasteiger partial charge in [-0.3, -0.25) is 4.79 Å². The van der Waals surface area contributed by atoms with Crippen molar-refractivity contribution in [2.45, 2.75) is 57.1 Å². The minimum absolute atomic E-state index is 0.157. The van der Waals surface area contributed by atoms with E-state index >= 15 is 0 Å². The Hall–Kier alpha value is -2.02. The summed E-state index contributed by atoms with van der Waals surface area (Å²) in [5.74, 6) is 7.27. The average Bonchev–Trinajstić information content (AvgIpc) is 3.03. The normalized spacial score (nSPS) is 15.2. The van der Waals surface area contributed by atoms with Crippen molar-refractivity contribution in [1.29, 1.82) is 0 Å². The van der Waals surface area contributed by atoms with Crippen LogP contribution in [0.5, 0.6) is 0 Å². The molecule has 3 rings (SSSR count). The molecule has 7 heteroatoms. The highest BCUT2D eigenvalue weighted by molar-refractivity contribution is 7.99. The second-order valence-electron chi connectivity index (χ2n) is 6.80. The van der Waals surface area contributed by atoms with Gasteiger partial charge < -0.3 is 10.7 Å². The van der Waals surface area contributed by atoms with E-state index < -0.39 is 0 Å². The van der Waals surface area contributed by atoms with Gasteiger partial charge in [-0.15, -0.1) is 10.2 Å². The number of nitrogen functional groups attached to an aromatic ring is 1. The van der Waals surface area contributed by atoms with Crippen LogP contribution in [0.15, 0.2) is 29.4 Å². The molecule has 0 atom stereocenters. The van der Waals surface area contributed by atoms with Crippen LogP contribution < -0.4 is 5.84 Å². The van der Waals surface area contributed by atoms with Crippen LogP contribution in [0.3, 0.4) is 0 Å². The molecule has 0 bridgehead atoms. The summed E-state index contributed by atoms with van der Waals surface area (Å²) >= 11 is 1.35. The zero-order chi connectivity index (χ0) is 18.5. The quantitative estimate of drug-likeness (QED) is 0.621. The third kappa shape index (κ3) is 4.20. The Bertz CT molecular complexity index is 737. The molecule has 140 valence electrons. The van der Waals surface area contributed by atoms with Gasteiger partial charge in [-0.05, 0) is 26.7 Å². The van der Waals surface area contributed by atoms with Gasteiger partial charge in [0.15, 0.2) is 5.82 Å². The van der Waals surface area contributed by atoms with Crippen molar-refractivity contribution in [3.8, 4) is 11.4 Å². The molecule has 0 aliphatic heterocycles. The molecule has 0 spiro atoms. The number of carbonyl (C=O) groups is 1. The third-order valence-electron chi connectivity index (χ3n) is 4.98. The van der Waals surface area contributed by atoms with E-state index in [1.54, 1.807) is 0 Å². The highest BCUT2D eigenvalue weighted by Gasteiger charge is 2.24. The maximum atomic E-state index is 12.7. The summed E-state index contributed by atoms with van der Waals surface area (Å²) in [6.45, 7) is 4.85. The van der Waals surface area contributed by atoms with E-state index in [9.17, 15) is 4.79 Å². The SMILES string of the molecule is CCN(C(=O)CSc1nnc(-c2ccc(C)cc2)n1N)C1CCCCC1. The van der Waals surface area contributed by atoms with Crippen molar-refractivity contribution in [2.75, 3.05) is 18.1 Å². The molecule has 1 aliphatic carbocycles. The van der Waals surface area contributed by atoms with Crippen molar-refractivity contribution in [2.24, 2.45) is 0 Å². The molecule has 0 unspecified atom stereocenters. The van der Waals surface area contributed by atoms with Gasteiger partial charge in [-0.2, -0.15) is 0 Å². The van der Waals surface area contributed by atoms with Crippen LogP contribution in [0.25, 0.3) is 11.4 Å². The lowest BCUT2D eigenvalue weighted by Gasteiger charge is -2.33. The molecule has 2 N–H and O–H groups in total. The van der Waals surface area contributed by atoms with Gasteiger partial charge in [0.2, 0.25) is 11.1 Å². The van der Waals surface area contributed by atoms with Crippen LogP contribution in [0.4, 0.5) is 0 Å². The molecule has 1 aliphatic rings. The number of rotatable bonds is 6. The lowest BCUT2D eigenvalue weighted by Crippen LogP contribution is -2.42. The van der Waals surface area contributed by atoms with E-state index in [2.05, 4.69) is 17.1 Å². The van der Waals surface area contributed by atoms with Gasteiger partial charge >= 0.3 is 0 Å². The van der Waals surface area contributed by atoms with Gasteiger partial charge in [0, 0.05) is 18.2 Å². The van der Waals surface area contributed by atoms with Crippen molar-refractivity contribution in [3.05, 3.63) is 29.8 Å². The fourth-order valence-electron chi connectivity index (χ4n) is 3.52. The van der Waals surface area contributed by atoms with E-state index in [1.807, 2.05) is 36.1 Å². The molecule has 1 aromatic carbocycles. The average molecular weight is 374 g/mol. The Morgan fingerprint density at radius 2 is 1.92 bits per heavy atom. The number of thioether (sulfide) groups is 1. The number of nitrogens with two attached hydrogens (primary N) is 1. The van der Waals surface area contributed by atoms with E-state index in [0.717, 1.165) is 24.9 Å². The second-order valence-corrected chi connectivity index (χ2v) is 7.74. The molecule has 1 heterocycles. The minimum atomic E-state index is 0.157. The molecule has 26 heavy (non-hydrogen) atoms. The third-order valence-corrected chi connectivity index (χ3v) is 5.90. The first-order valence-corrected chi connectivity index (χ1v) is 10.3. The zero-order valence-corrected chi connectivity index (χ0v) is 16.3. The predicted octanol–water partition coefficient (Wildman–Crippen LogP) is 3.24. The lowest BCUT2D eigenvalue weighted by atomic mass is 9.94. The van der Waals surface area contributed by atoms with Crippen molar-refractivity contribution < 1.29 is 4.79 Å². The van der Waals surface area contributed by atoms with E-state index in [0.29, 0.717) is 22.8 Å².